The molecular weight excluding hydrogens is 625 g/mol. The summed E-state index contributed by atoms with van der Waals surface area (Å²) in [6.45, 7) is 0. The maximum Gasteiger partial charge on any atom is 0.0271 e. The summed E-state index contributed by atoms with van der Waals surface area (Å²) in [4.78, 5) is 0. The third kappa shape index (κ3) is 3.88. The molecule has 13 rings (SSSR count). The first-order valence-corrected chi connectivity index (χ1v) is 19.5. The summed E-state index contributed by atoms with van der Waals surface area (Å²) in [6.07, 6.45) is 7.16. The highest BCUT2D eigenvalue weighted by atomic mass is 14.6. The summed E-state index contributed by atoms with van der Waals surface area (Å²) in [5.74, 6) is 3.47. The third-order valence-electron chi connectivity index (χ3n) is 14.0. The van der Waals surface area contributed by atoms with Crippen LogP contribution in [0, 0.1) is 23.7 Å². The number of rotatable bonds is 3. The molecule has 0 aromatic heterocycles. The summed E-state index contributed by atoms with van der Waals surface area (Å²) >= 11 is 0. The van der Waals surface area contributed by atoms with Crippen LogP contribution in [0.4, 0.5) is 0 Å². The minimum Gasteiger partial charge on any atom is -0.0619 e. The van der Waals surface area contributed by atoms with Crippen molar-refractivity contribution in [1.29, 1.82) is 0 Å². The van der Waals surface area contributed by atoms with Gasteiger partial charge in [0.1, 0.15) is 0 Å². The molecule has 4 saturated carbocycles. The highest BCUT2D eigenvalue weighted by molar-refractivity contribution is 6.21. The molecule has 0 aliphatic heterocycles. The van der Waals surface area contributed by atoms with Crippen LogP contribution in [0.5, 0.6) is 0 Å². The van der Waals surface area contributed by atoms with E-state index in [1.54, 1.807) is 11.1 Å². The molecule has 5 aliphatic carbocycles. The van der Waals surface area contributed by atoms with Crippen molar-refractivity contribution in [1.82, 2.24) is 0 Å². The molecule has 0 heterocycles. The van der Waals surface area contributed by atoms with Crippen LogP contribution in [0.15, 0.2) is 158 Å². The van der Waals surface area contributed by atoms with E-state index in [1.165, 1.54) is 109 Å². The van der Waals surface area contributed by atoms with Gasteiger partial charge in [-0.2, -0.15) is 0 Å². The van der Waals surface area contributed by atoms with E-state index >= 15 is 0 Å². The summed E-state index contributed by atoms with van der Waals surface area (Å²) in [7, 11) is 0. The molecule has 0 heteroatoms. The van der Waals surface area contributed by atoms with Gasteiger partial charge in [-0.05, 0) is 150 Å². The molecule has 52 heavy (non-hydrogen) atoms. The standard InChI is InChI=1S/C52H40/c1-2-12-40-34(10-1)11-9-18-41(40)35-20-22-36(23-21-35)50-43-14-3-5-16-45(43)51(46-17-6-4-15-44(46)50)37-24-25-49-47(31-37)42-13-7-8-19-48(42)52(49)38-27-32-26-33(29-38)30-39(52)28-32/h1-25,31-33,38-39H,26-30H2. The van der Waals surface area contributed by atoms with Gasteiger partial charge in [-0.1, -0.05) is 152 Å². The van der Waals surface area contributed by atoms with Gasteiger partial charge in [0.2, 0.25) is 0 Å². The Morgan fingerprint density at radius 2 is 0.827 bits per heavy atom. The molecule has 0 saturated heterocycles. The lowest BCUT2D eigenvalue weighted by Gasteiger charge is -2.61. The Bertz CT molecular complexity index is 2650. The zero-order valence-electron chi connectivity index (χ0n) is 29.4. The van der Waals surface area contributed by atoms with Crippen molar-refractivity contribution in [3.05, 3.63) is 169 Å². The first-order valence-electron chi connectivity index (χ1n) is 19.5. The SMILES string of the molecule is c1ccc2c(c1)-c1cc(-c3c4ccccc4c(-c4ccc(-c5cccc6ccccc56)cc4)c4ccccc34)ccc1C21C2CC3CC(C2)CC1C3. The first kappa shape index (κ1) is 29.2. The van der Waals surface area contributed by atoms with Crippen LogP contribution in [0.2, 0.25) is 0 Å². The normalized spacial score (nSPS) is 23.8. The monoisotopic (exact) mass is 664 g/mol. The molecule has 0 N–H and O–H groups in total. The van der Waals surface area contributed by atoms with Crippen molar-refractivity contribution in [2.45, 2.75) is 37.5 Å². The van der Waals surface area contributed by atoms with Crippen molar-refractivity contribution in [2.24, 2.45) is 23.7 Å². The Hall–Kier alpha value is -5.46. The van der Waals surface area contributed by atoms with E-state index in [0.717, 1.165) is 23.7 Å². The van der Waals surface area contributed by atoms with E-state index in [9.17, 15) is 0 Å². The average Bonchev–Trinajstić information content (AvgIpc) is 3.48. The molecule has 4 bridgehead atoms. The summed E-state index contributed by atoms with van der Waals surface area (Å²) < 4.78 is 0. The van der Waals surface area contributed by atoms with Crippen LogP contribution in [-0.2, 0) is 5.41 Å². The molecule has 4 fully saturated rings. The van der Waals surface area contributed by atoms with Crippen LogP contribution in [0.1, 0.15) is 43.2 Å². The Morgan fingerprint density at radius 1 is 0.346 bits per heavy atom. The van der Waals surface area contributed by atoms with E-state index in [4.69, 9.17) is 0 Å². The lowest BCUT2D eigenvalue weighted by atomic mass is 9.43. The smallest absolute Gasteiger partial charge is 0.0271 e. The topological polar surface area (TPSA) is 0 Å². The van der Waals surface area contributed by atoms with Gasteiger partial charge in [-0.25, -0.2) is 0 Å². The second-order valence-corrected chi connectivity index (χ2v) is 16.4. The molecule has 248 valence electrons. The van der Waals surface area contributed by atoms with E-state index < -0.39 is 0 Å². The van der Waals surface area contributed by atoms with E-state index in [2.05, 4.69) is 158 Å². The molecular formula is C52H40. The van der Waals surface area contributed by atoms with Crippen LogP contribution in [-0.4, -0.2) is 0 Å². The Morgan fingerprint density at radius 3 is 1.50 bits per heavy atom. The van der Waals surface area contributed by atoms with E-state index in [0.29, 0.717) is 0 Å². The van der Waals surface area contributed by atoms with Crippen molar-refractivity contribution < 1.29 is 0 Å². The number of hydrogen-bond donors (Lipinski definition) is 0. The molecule has 5 aliphatic rings. The fraction of sp³-hybridized carbons (Fsp3) is 0.192. The molecule has 8 aromatic carbocycles. The predicted octanol–water partition coefficient (Wildman–Crippen LogP) is 13.9. The number of fused-ring (bicyclic) bond motifs is 6. The van der Waals surface area contributed by atoms with Gasteiger partial charge in [-0.3, -0.25) is 0 Å². The second kappa shape index (κ2) is 10.8. The van der Waals surface area contributed by atoms with Gasteiger partial charge >= 0.3 is 0 Å². The Kier molecular flexibility index (Phi) is 6.04. The van der Waals surface area contributed by atoms with Gasteiger partial charge in [0.25, 0.3) is 0 Å². The van der Waals surface area contributed by atoms with Crippen molar-refractivity contribution >= 4 is 32.3 Å². The molecule has 8 aromatic rings. The molecule has 1 spiro atoms. The maximum absolute atomic E-state index is 2.58. The minimum atomic E-state index is 0.198. The van der Waals surface area contributed by atoms with Crippen LogP contribution in [0.25, 0.3) is 76.8 Å². The maximum atomic E-state index is 2.58. The van der Waals surface area contributed by atoms with Gasteiger partial charge < -0.3 is 0 Å². The Balaban J connectivity index is 1.04. The fourth-order valence-electron chi connectivity index (χ4n) is 12.4. The molecule has 0 unspecified atom stereocenters. The number of benzene rings is 8. The zero-order valence-corrected chi connectivity index (χ0v) is 29.4. The third-order valence-corrected chi connectivity index (χ3v) is 14.0. The quantitative estimate of drug-likeness (QED) is 0.165. The van der Waals surface area contributed by atoms with Crippen LogP contribution >= 0.6 is 0 Å². The Labute approximate surface area is 305 Å². The predicted molar refractivity (Wildman–Crippen MR) is 219 cm³/mol. The molecule has 0 amide bonds. The van der Waals surface area contributed by atoms with Crippen molar-refractivity contribution in [3.8, 4) is 44.5 Å². The molecule has 0 radical (unpaired) electrons. The first-order chi connectivity index (χ1) is 25.8. The van der Waals surface area contributed by atoms with Crippen molar-refractivity contribution in [2.75, 3.05) is 0 Å². The van der Waals surface area contributed by atoms with Crippen molar-refractivity contribution in [3.63, 3.8) is 0 Å². The molecule has 0 atom stereocenters. The largest absolute Gasteiger partial charge is 0.0619 e. The minimum absolute atomic E-state index is 0.198. The van der Waals surface area contributed by atoms with Gasteiger partial charge in [-0.15, -0.1) is 0 Å². The summed E-state index contributed by atoms with van der Waals surface area (Å²) in [5.41, 5.74) is 14.2. The lowest BCUT2D eigenvalue weighted by molar-refractivity contribution is -0.0399. The van der Waals surface area contributed by atoms with Crippen LogP contribution in [0.3, 0.4) is 0 Å². The van der Waals surface area contributed by atoms with E-state index in [1.807, 2.05) is 0 Å². The lowest BCUT2D eigenvalue weighted by Crippen LogP contribution is -2.55. The highest BCUT2D eigenvalue weighted by Gasteiger charge is 2.61. The van der Waals surface area contributed by atoms with Gasteiger partial charge in [0, 0.05) is 5.41 Å². The molecule has 0 nitrogen and oxygen atoms in total. The number of hydrogen-bond acceptors (Lipinski definition) is 0. The summed E-state index contributed by atoms with van der Waals surface area (Å²) in [5, 5.41) is 7.85. The van der Waals surface area contributed by atoms with E-state index in [-0.39, 0.29) is 5.41 Å². The average molecular weight is 665 g/mol. The second-order valence-electron chi connectivity index (χ2n) is 16.4. The highest BCUT2D eigenvalue weighted by Crippen LogP contribution is 2.69. The van der Waals surface area contributed by atoms with Gasteiger partial charge in [0.15, 0.2) is 0 Å². The van der Waals surface area contributed by atoms with Crippen LogP contribution < -0.4 is 0 Å². The zero-order chi connectivity index (χ0) is 34.0. The van der Waals surface area contributed by atoms with Gasteiger partial charge in [0.05, 0.1) is 0 Å². The summed E-state index contributed by atoms with van der Waals surface area (Å²) in [6, 6.07) is 60.0. The fourth-order valence-corrected chi connectivity index (χ4v) is 12.4.